The van der Waals surface area contributed by atoms with Gasteiger partial charge in [0.25, 0.3) is 0 Å². The number of hydrogen-bond acceptors (Lipinski definition) is 2. The zero-order valence-corrected chi connectivity index (χ0v) is 8.37. The molecule has 0 spiro atoms. The van der Waals surface area contributed by atoms with Gasteiger partial charge in [-0.25, -0.2) is 0 Å². The summed E-state index contributed by atoms with van der Waals surface area (Å²) >= 11 is 0. The Kier molecular flexibility index (Phi) is 3.02. The zero-order valence-electron chi connectivity index (χ0n) is 8.37. The molecule has 1 saturated carbocycles. The van der Waals surface area contributed by atoms with Gasteiger partial charge in [-0.1, -0.05) is 12.8 Å². The Morgan fingerprint density at radius 1 is 1.43 bits per heavy atom. The molecule has 2 rings (SSSR count). The topological polar surface area (TPSA) is 30.2 Å². The predicted molar refractivity (Wildman–Crippen MR) is 54.0 cm³/mol. The summed E-state index contributed by atoms with van der Waals surface area (Å²) in [6, 6.07) is 3.80. The summed E-state index contributed by atoms with van der Waals surface area (Å²) in [5.41, 5.74) is 0. The Hall–Kier alpha value is -1.05. The summed E-state index contributed by atoms with van der Waals surface area (Å²) in [6.07, 6.45) is 7.76. The monoisotopic (exact) mass is 192 g/mol. The maximum Gasteiger partial charge on any atom is 0.136 e. The summed E-state index contributed by atoms with van der Waals surface area (Å²) in [5.74, 6) is 1.71. The molecule has 2 heteroatoms. The van der Waals surface area contributed by atoms with Crippen molar-refractivity contribution in [3.63, 3.8) is 0 Å². The third kappa shape index (κ3) is 2.25. The second kappa shape index (κ2) is 4.45. The highest BCUT2D eigenvalue weighted by atomic mass is 16.3. The van der Waals surface area contributed by atoms with E-state index in [2.05, 4.69) is 0 Å². The number of carbonyl (C=O) groups is 1. The number of carbonyl (C=O) groups excluding carboxylic acids is 1. The molecule has 0 N–H and O–H groups in total. The first-order chi connectivity index (χ1) is 6.86. The maximum atomic E-state index is 11.7. The van der Waals surface area contributed by atoms with Crippen LogP contribution in [0, 0.1) is 5.92 Å². The molecule has 1 aromatic heterocycles. The van der Waals surface area contributed by atoms with E-state index in [9.17, 15) is 4.79 Å². The molecule has 2 nitrogen and oxygen atoms in total. The third-order valence-electron chi connectivity index (χ3n) is 3.01. The first kappa shape index (κ1) is 9.50. The van der Waals surface area contributed by atoms with Crippen LogP contribution < -0.4 is 0 Å². The number of hydrogen-bond donors (Lipinski definition) is 0. The summed E-state index contributed by atoms with van der Waals surface area (Å²) in [5, 5.41) is 0. The molecule has 0 saturated heterocycles. The lowest BCUT2D eigenvalue weighted by Gasteiger charge is -2.05. The van der Waals surface area contributed by atoms with Crippen molar-refractivity contribution < 1.29 is 9.21 Å². The first-order valence-corrected chi connectivity index (χ1v) is 5.41. The van der Waals surface area contributed by atoms with Crippen LogP contribution in [-0.2, 0) is 11.2 Å². The van der Waals surface area contributed by atoms with E-state index in [1.165, 1.54) is 12.8 Å². The van der Waals surface area contributed by atoms with E-state index in [4.69, 9.17) is 4.42 Å². The molecule has 76 valence electrons. The number of aryl methyl sites for hydroxylation is 1. The maximum absolute atomic E-state index is 11.7. The molecule has 0 amide bonds. The van der Waals surface area contributed by atoms with Crippen LogP contribution in [-0.4, -0.2) is 5.78 Å². The molecule has 0 radical (unpaired) electrons. The van der Waals surface area contributed by atoms with Gasteiger partial charge < -0.3 is 4.42 Å². The van der Waals surface area contributed by atoms with Gasteiger partial charge in [0.1, 0.15) is 11.5 Å². The van der Waals surface area contributed by atoms with Crippen molar-refractivity contribution in [1.82, 2.24) is 0 Å². The van der Waals surface area contributed by atoms with E-state index in [1.54, 1.807) is 6.26 Å². The second-order valence-electron chi connectivity index (χ2n) is 4.03. The fourth-order valence-electron chi connectivity index (χ4n) is 2.15. The zero-order chi connectivity index (χ0) is 9.80. The molecule has 0 aromatic carbocycles. The van der Waals surface area contributed by atoms with Gasteiger partial charge in [-0.3, -0.25) is 4.79 Å². The van der Waals surface area contributed by atoms with Gasteiger partial charge in [-0.2, -0.15) is 0 Å². The quantitative estimate of drug-likeness (QED) is 0.734. The summed E-state index contributed by atoms with van der Waals surface area (Å²) in [7, 11) is 0. The van der Waals surface area contributed by atoms with E-state index in [-0.39, 0.29) is 0 Å². The van der Waals surface area contributed by atoms with E-state index in [0.717, 1.165) is 25.0 Å². The van der Waals surface area contributed by atoms with Gasteiger partial charge in [-0.05, 0) is 25.0 Å². The van der Waals surface area contributed by atoms with Gasteiger partial charge in [0.05, 0.1) is 6.26 Å². The number of Topliss-reactive ketones (excluding diaryl/α,β-unsaturated/α-hetero) is 1. The average molecular weight is 192 g/mol. The largest absolute Gasteiger partial charge is 0.469 e. The van der Waals surface area contributed by atoms with Crippen molar-refractivity contribution in [2.45, 2.75) is 38.5 Å². The van der Waals surface area contributed by atoms with E-state index < -0.39 is 0 Å². The number of furan rings is 1. The molecule has 1 aromatic rings. The molecule has 1 fully saturated rings. The fraction of sp³-hybridized carbons (Fsp3) is 0.583. The minimum atomic E-state index is 0.352. The van der Waals surface area contributed by atoms with Gasteiger partial charge >= 0.3 is 0 Å². The van der Waals surface area contributed by atoms with E-state index in [0.29, 0.717) is 18.1 Å². The highest BCUT2D eigenvalue weighted by Crippen LogP contribution is 2.26. The molecule has 14 heavy (non-hydrogen) atoms. The second-order valence-corrected chi connectivity index (χ2v) is 4.03. The van der Waals surface area contributed by atoms with Crippen LogP contribution in [0.4, 0.5) is 0 Å². The molecular formula is C12H16O2. The Morgan fingerprint density at radius 3 is 2.86 bits per heavy atom. The molecular weight excluding hydrogens is 176 g/mol. The Labute approximate surface area is 84.3 Å². The molecule has 1 aliphatic carbocycles. The van der Waals surface area contributed by atoms with Crippen molar-refractivity contribution in [2.24, 2.45) is 5.92 Å². The van der Waals surface area contributed by atoms with Gasteiger partial charge in [0.15, 0.2) is 0 Å². The van der Waals surface area contributed by atoms with Crippen LogP contribution in [0.15, 0.2) is 22.8 Å². The fourth-order valence-corrected chi connectivity index (χ4v) is 2.15. The van der Waals surface area contributed by atoms with Crippen molar-refractivity contribution in [1.29, 1.82) is 0 Å². The highest BCUT2D eigenvalue weighted by Gasteiger charge is 2.22. The average Bonchev–Trinajstić information content (AvgIpc) is 2.87. The Morgan fingerprint density at radius 2 is 2.21 bits per heavy atom. The molecule has 0 aliphatic heterocycles. The first-order valence-electron chi connectivity index (χ1n) is 5.41. The normalized spacial score (nSPS) is 17.4. The highest BCUT2D eigenvalue weighted by molar-refractivity contribution is 5.81. The van der Waals surface area contributed by atoms with Crippen LogP contribution in [0.25, 0.3) is 0 Å². The van der Waals surface area contributed by atoms with E-state index >= 15 is 0 Å². The molecule has 0 unspecified atom stereocenters. The molecule has 0 atom stereocenters. The smallest absolute Gasteiger partial charge is 0.136 e. The lowest BCUT2D eigenvalue weighted by Crippen LogP contribution is -2.11. The Bertz CT molecular complexity index is 281. The van der Waals surface area contributed by atoms with Gasteiger partial charge in [0, 0.05) is 18.8 Å². The SMILES string of the molecule is O=C(CCc1ccco1)C1CCCC1. The lowest BCUT2D eigenvalue weighted by atomic mass is 9.98. The van der Waals surface area contributed by atoms with Crippen LogP contribution in [0.1, 0.15) is 37.9 Å². The lowest BCUT2D eigenvalue weighted by molar-refractivity contribution is -0.122. The van der Waals surface area contributed by atoms with Crippen LogP contribution in [0.3, 0.4) is 0 Å². The standard InChI is InChI=1S/C12H16O2/c13-12(10-4-1-2-5-10)8-7-11-6-3-9-14-11/h3,6,9-10H,1-2,4-5,7-8H2. The summed E-state index contributed by atoms with van der Waals surface area (Å²) < 4.78 is 5.19. The Balaban J connectivity index is 1.77. The molecule has 0 bridgehead atoms. The predicted octanol–water partition coefficient (Wildman–Crippen LogP) is 2.97. The minimum absolute atomic E-state index is 0.352. The van der Waals surface area contributed by atoms with Crippen LogP contribution >= 0.6 is 0 Å². The molecule has 1 heterocycles. The summed E-state index contributed by atoms with van der Waals surface area (Å²) in [4.78, 5) is 11.7. The van der Waals surface area contributed by atoms with Crippen molar-refractivity contribution in [3.8, 4) is 0 Å². The summed E-state index contributed by atoms with van der Waals surface area (Å²) in [6.45, 7) is 0. The van der Waals surface area contributed by atoms with Crippen molar-refractivity contribution in [3.05, 3.63) is 24.2 Å². The van der Waals surface area contributed by atoms with Crippen molar-refractivity contribution in [2.75, 3.05) is 0 Å². The third-order valence-corrected chi connectivity index (χ3v) is 3.01. The van der Waals surface area contributed by atoms with Crippen molar-refractivity contribution >= 4 is 5.78 Å². The number of ketones is 1. The molecule has 1 aliphatic rings. The van der Waals surface area contributed by atoms with Crippen LogP contribution in [0.2, 0.25) is 0 Å². The van der Waals surface area contributed by atoms with Gasteiger partial charge in [-0.15, -0.1) is 0 Å². The minimum Gasteiger partial charge on any atom is -0.469 e. The number of rotatable bonds is 4. The van der Waals surface area contributed by atoms with E-state index in [1.807, 2.05) is 12.1 Å². The van der Waals surface area contributed by atoms with Crippen LogP contribution in [0.5, 0.6) is 0 Å². The van der Waals surface area contributed by atoms with Gasteiger partial charge in [0.2, 0.25) is 0 Å².